The van der Waals surface area contributed by atoms with Crippen molar-refractivity contribution in [1.82, 2.24) is 0 Å². The van der Waals surface area contributed by atoms with Crippen LogP contribution in [0.1, 0.15) is 61.2 Å². The first-order valence-electron chi connectivity index (χ1n) is 14.2. The highest BCUT2D eigenvalue weighted by Crippen LogP contribution is 2.53. The molecule has 4 atom stereocenters. The van der Waals surface area contributed by atoms with Crippen LogP contribution in [0.4, 0.5) is 0 Å². The highest BCUT2D eigenvalue weighted by molar-refractivity contribution is 6.07. The maximum atomic E-state index is 13.9. The SMILES string of the molecule is C[C@@H]1O[C@H](CC(=O)O)Cc2c1c(O)c1c(O)cc(-c3cc(=O)c4c(=O)c5c(c(=O)c=4c3=O)C[C@H](CC(=O)O)O[C@H]5C)c(O)c1c2O. The van der Waals surface area contributed by atoms with E-state index in [1.807, 2.05) is 0 Å². The molecule has 0 saturated carbocycles. The number of hydrogen-bond acceptors (Lipinski definition) is 12. The molecule has 0 saturated heterocycles. The third kappa shape index (κ3) is 4.48. The first-order chi connectivity index (χ1) is 21.6. The van der Waals surface area contributed by atoms with Gasteiger partial charge in [0.15, 0.2) is 21.7 Å². The van der Waals surface area contributed by atoms with Crippen LogP contribution in [0.2, 0.25) is 0 Å². The summed E-state index contributed by atoms with van der Waals surface area (Å²) in [5.74, 6) is -5.20. The number of phenols is 4. The molecule has 2 aliphatic heterocycles. The summed E-state index contributed by atoms with van der Waals surface area (Å²) >= 11 is 0. The molecule has 0 bridgehead atoms. The zero-order valence-electron chi connectivity index (χ0n) is 24.2. The smallest absolute Gasteiger partial charge is 0.305 e. The fourth-order valence-corrected chi connectivity index (χ4v) is 6.89. The molecule has 0 spiro atoms. The van der Waals surface area contributed by atoms with Gasteiger partial charge in [-0.3, -0.25) is 28.8 Å². The van der Waals surface area contributed by atoms with Gasteiger partial charge in [0, 0.05) is 46.2 Å². The number of carbonyl (C=O) groups is 2. The molecule has 238 valence electrons. The minimum absolute atomic E-state index is 0.0314. The van der Waals surface area contributed by atoms with Crippen molar-refractivity contribution < 1.29 is 49.7 Å². The molecule has 0 radical (unpaired) electrons. The Morgan fingerprint density at radius 3 is 1.83 bits per heavy atom. The second kappa shape index (κ2) is 10.6. The van der Waals surface area contributed by atoms with Crippen molar-refractivity contribution in [2.24, 2.45) is 0 Å². The van der Waals surface area contributed by atoms with E-state index in [0.717, 1.165) is 6.07 Å². The summed E-state index contributed by atoms with van der Waals surface area (Å²) < 4.78 is 11.3. The lowest BCUT2D eigenvalue weighted by Gasteiger charge is -2.31. The van der Waals surface area contributed by atoms with E-state index in [0.29, 0.717) is 6.07 Å². The van der Waals surface area contributed by atoms with Crippen LogP contribution in [0, 0.1) is 10.4 Å². The number of phenolic OH excluding ortho intramolecular Hbond substituents is 4. The highest BCUT2D eigenvalue weighted by atomic mass is 16.5. The maximum absolute atomic E-state index is 13.9. The van der Waals surface area contributed by atoms with Crippen molar-refractivity contribution in [3.63, 3.8) is 0 Å². The van der Waals surface area contributed by atoms with Crippen LogP contribution in [0.3, 0.4) is 0 Å². The van der Waals surface area contributed by atoms with Gasteiger partial charge >= 0.3 is 11.9 Å². The first-order valence-corrected chi connectivity index (χ1v) is 14.2. The van der Waals surface area contributed by atoms with Crippen LogP contribution in [0.5, 0.6) is 23.0 Å². The van der Waals surface area contributed by atoms with Gasteiger partial charge in [-0.1, -0.05) is 0 Å². The second-order valence-electron chi connectivity index (χ2n) is 11.6. The number of aromatic hydroxyl groups is 4. The number of carboxylic acid groups (broad SMARTS) is 2. The van der Waals surface area contributed by atoms with Gasteiger partial charge in [-0.25, -0.2) is 0 Å². The summed E-state index contributed by atoms with van der Waals surface area (Å²) in [4.78, 5) is 77.0. The predicted molar refractivity (Wildman–Crippen MR) is 157 cm³/mol. The Kier molecular flexibility index (Phi) is 7.09. The van der Waals surface area contributed by atoms with Crippen molar-refractivity contribution in [3.05, 3.63) is 85.7 Å². The Morgan fingerprint density at radius 2 is 1.24 bits per heavy atom. The van der Waals surface area contributed by atoms with Crippen molar-refractivity contribution in [2.75, 3.05) is 0 Å². The molecule has 0 amide bonds. The summed E-state index contributed by atoms with van der Waals surface area (Å²) in [7, 11) is 0. The van der Waals surface area contributed by atoms with Crippen LogP contribution in [-0.4, -0.2) is 54.8 Å². The molecule has 6 rings (SSSR count). The van der Waals surface area contributed by atoms with Crippen molar-refractivity contribution in [3.8, 4) is 34.1 Å². The van der Waals surface area contributed by atoms with E-state index in [1.165, 1.54) is 13.8 Å². The third-order valence-electron chi connectivity index (χ3n) is 8.72. The second-order valence-corrected chi connectivity index (χ2v) is 11.6. The number of rotatable bonds is 5. The average molecular weight is 635 g/mol. The Morgan fingerprint density at radius 1 is 0.674 bits per heavy atom. The standard InChI is InChI=1S/C32H26O14/c1-9-21-15(3-11(45-9)5-19(35)36)29(41)25-23(31(21)43)17(33)7-13(27(25)39)14-8-18(34)24-26(28(14)40)30(42)16-4-12(6-20(37)38)46-10(2)22(16)32(24)44/h7-12,33,39,41,43H,3-6H2,1-2H3,(H,35,36)(H,37,38)/t9-,10-,11-,12+/m0/s1. The van der Waals surface area contributed by atoms with Crippen LogP contribution in [-0.2, 0) is 31.9 Å². The van der Waals surface area contributed by atoms with Crippen molar-refractivity contribution >= 4 is 22.7 Å². The Balaban J connectivity index is 1.63. The maximum Gasteiger partial charge on any atom is 0.305 e. The van der Waals surface area contributed by atoms with E-state index < -0.39 is 126 Å². The summed E-state index contributed by atoms with van der Waals surface area (Å²) in [6.45, 7) is 2.92. The minimum Gasteiger partial charge on any atom is -0.507 e. The lowest BCUT2D eigenvalue weighted by molar-refractivity contribution is -0.143. The zero-order chi connectivity index (χ0) is 33.5. The molecule has 0 fully saturated rings. The topological polar surface area (TPSA) is 242 Å². The van der Waals surface area contributed by atoms with Gasteiger partial charge in [-0.15, -0.1) is 0 Å². The zero-order valence-corrected chi connectivity index (χ0v) is 24.2. The van der Waals surface area contributed by atoms with Crippen LogP contribution >= 0.6 is 0 Å². The van der Waals surface area contributed by atoms with E-state index in [9.17, 15) is 59.4 Å². The average Bonchev–Trinajstić information content (AvgIpc) is 2.95. The molecule has 0 unspecified atom stereocenters. The van der Waals surface area contributed by atoms with E-state index in [1.54, 1.807) is 0 Å². The number of ether oxygens (including phenoxy) is 2. The molecule has 2 aliphatic carbocycles. The van der Waals surface area contributed by atoms with Gasteiger partial charge in [0.2, 0.25) is 0 Å². The normalized spacial score (nSPS) is 20.8. The van der Waals surface area contributed by atoms with Gasteiger partial charge in [0.25, 0.3) is 0 Å². The van der Waals surface area contributed by atoms with Crippen molar-refractivity contribution in [1.29, 1.82) is 0 Å². The van der Waals surface area contributed by atoms with Crippen molar-refractivity contribution in [2.45, 2.75) is 63.9 Å². The molecule has 0 aromatic heterocycles. The molecular formula is C32H26O14. The number of benzene rings is 2. The fraction of sp³-hybridized carbons (Fsp3) is 0.312. The number of fused-ring (bicyclic) bond motifs is 3. The van der Waals surface area contributed by atoms with E-state index in [-0.39, 0.29) is 35.1 Å². The molecular weight excluding hydrogens is 608 g/mol. The van der Waals surface area contributed by atoms with Gasteiger partial charge in [-0.05, 0) is 26.0 Å². The largest absolute Gasteiger partial charge is 0.507 e. The number of aliphatic carboxylic acids is 2. The Bertz CT molecular complexity index is 2300. The summed E-state index contributed by atoms with van der Waals surface area (Å²) in [5, 5.41) is 60.9. The summed E-state index contributed by atoms with van der Waals surface area (Å²) in [6.07, 6.45) is -5.29. The number of hydrogen-bond donors (Lipinski definition) is 6. The van der Waals surface area contributed by atoms with E-state index in [2.05, 4.69) is 0 Å². The summed E-state index contributed by atoms with van der Waals surface area (Å²) in [6, 6.07) is 1.57. The van der Waals surface area contributed by atoms with E-state index >= 15 is 0 Å². The molecule has 14 nitrogen and oxygen atoms in total. The van der Waals surface area contributed by atoms with Gasteiger partial charge < -0.3 is 40.1 Å². The Hall–Kier alpha value is -5.34. The molecule has 4 aliphatic rings. The molecule has 6 N–H and O–H groups in total. The lowest BCUT2D eigenvalue weighted by Crippen LogP contribution is -2.40. The van der Waals surface area contributed by atoms with Gasteiger partial charge in [-0.2, -0.15) is 0 Å². The predicted octanol–water partition coefficient (Wildman–Crippen LogP) is 1.32. The van der Waals surface area contributed by atoms with Crippen LogP contribution < -0.4 is 21.7 Å². The Labute approximate surface area is 256 Å². The third-order valence-corrected chi connectivity index (χ3v) is 8.72. The molecule has 2 aromatic rings. The highest BCUT2D eigenvalue weighted by Gasteiger charge is 2.36. The molecule has 2 aromatic carbocycles. The van der Waals surface area contributed by atoms with Gasteiger partial charge in [0.05, 0.1) is 58.5 Å². The minimum atomic E-state index is -1.22. The fourth-order valence-electron chi connectivity index (χ4n) is 6.89. The molecule has 2 heterocycles. The van der Waals surface area contributed by atoms with Gasteiger partial charge in [0.1, 0.15) is 23.0 Å². The van der Waals surface area contributed by atoms with Crippen LogP contribution in [0.15, 0.2) is 31.3 Å². The number of carboxylic acids is 2. The van der Waals surface area contributed by atoms with E-state index in [4.69, 9.17) is 9.47 Å². The monoisotopic (exact) mass is 634 g/mol. The quantitative estimate of drug-likeness (QED) is 0.170. The lowest BCUT2D eigenvalue weighted by atomic mass is 9.86. The summed E-state index contributed by atoms with van der Waals surface area (Å²) in [5.41, 5.74) is -5.43. The first kappa shape index (κ1) is 30.7. The molecule has 14 heteroatoms. The molecule has 46 heavy (non-hydrogen) atoms. The van der Waals surface area contributed by atoms with Crippen LogP contribution in [0.25, 0.3) is 21.9 Å².